The van der Waals surface area contributed by atoms with E-state index in [1.807, 2.05) is 6.92 Å². The van der Waals surface area contributed by atoms with Gasteiger partial charge in [-0.2, -0.15) is 0 Å². The predicted molar refractivity (Wildman–Crippen MR) is 191 cm³/mol. The number of thiazole rings is 1. The minimum absolute atomic E-state index is 0.0118. The third-order valence-corrected chi connectivity index (χ3v) is 8.76. The second kappa shape index (κ2) is 16.8. The van der Waals surface area contributed by atoms with Gasteiger partial charge in [-0.05, 0) is 86.9 Å². The molecule has 0 saturated carbocycles. The average molecular weight is 732 g/mol. The summed E-state index contributed by atoms with van der Waals surface area (Å²) in [6.45, 7) is 7.59. The van der Waals surface area contributed by atoms with Crippen LogP contribution in [0, 0.1) is 10.1 Å². The molecular weight excluding hydrogens is 694 g/mol. The van der Waals surface area contributed by atoms with Gasteiger partial charge in [0.15, 0.2) is 34.4 Å². The molecular formula is C37H37N3O11S. The largest absolute Gasteiger partial charge is 0.490 e. The highest BCUT2D eigenvalue weighted by Gasteiger charge is 2.34. The summed E-state index contributed by atoms with van der Waals surface area (Å²) in [6.07, 6.45) is 1.71. The molecule has 52 heavy (non-hydrogen) atoms. The van der Waals surface area contributed by atoms with Gasteiger partial charge in [0.1, 0.15) is 6.61 Å². The van der Waals surface area contributed by atoms with Crippen molar-refractivity contribution in [2.75, 3.05) is 33.5 Å². The Kier molecular flexibility index (Phi) is 12.1. The van der Waals surface area contributed by atoms with E-state index in [1.54, 1.807) is 75.4 Å². The molecule has 0 spiro atoms. The van der Waals surface area contributed by atoms with E-state index in [1.165, 1.54) is 35.1 Å². The van der Waals surface area contributed by atoms with Gasteiger partial charge >= 0.3 is 11.9 Å². The van der Waals surface area contributed by atoms with Gasteiger partial charge in [0.05, 0.1) is 53.7 Å². The SMILES string of the molecule is CCOC(=O)C1=C(C)N=c2s/c(=C\c3ccc(OCc4ccc([N+](=O)[O-])cc4)c(OCC)c3)c(=O)n2[C@@H]1c1ccc(OCC(=O)OC)c(OCC)c1. The smallest absolute Gasteiger partial charge is 0.343 e. The van der Waals surface area contributed by atoms with Crippen LogP contribution < -0.4 is 33.8 Å². The van der Waals surface area contributed by atoms with Crippen LogP contribution in [0.3, 0.4) is 0 Å². The summed E-state index contributed by atoms with van der Waals surface area (Å²) in [6, 6.07) is 15.4. The molecule has 1 aliphatic rings. The molecule has 5 rings (SSSR count). The van der Waals surface area contributed by atoms with E-state index in [0.717, 1.165) is 5.56 Å². The molecule has 0 aliphatic carbocycles. The predicted octanol–water partition coefficient (Wildman–Crippen LogP) is 4.63. The van der Waals surface area contributed by atoms with Crippen molar-refractivity contribution >= 4 is 35.0 Å². The van der Waals surface area contributed by atoms with Gasteiger partial charge in [-0.3, -0.25) is 19.5 Å². The van der Waals surface area contributed by atoms with E-state index >= 15 is 0 Å². The Hall–Kier alpha value is -5.96. The Labute approximate surface area is 302 Å². The van der Waals surface area contributed by atoms with Crippen LogP contribution >= 0.6 is 11.3 Å². The first-order chi connectivity index (χ1) is 25.1. The topological polar surface area (TPSA) is 167 Å². The molecule has 1 aromatic heterocycles. The summed E-state index contributed by atoms with van der Waals surface area (Å²) in [4.78, 5) is 54.9. The van der Waals surface area contributed by atoms with Gasteiger partial charge in [0.25, 0.3) is 11.2 Å². The zero-order chi connectivity index (χ0) is 37.4. The quantitative estimate of drug-likeness (QED) is 0.0950. The molecule has 3 aromatic carbocycles. The summed E-state index contributed by atoms with van der Waals surface area (Å²) < 4.78 is 35.2. The van der Waals surface area contributed by atoms with Crippen LogP contribution in [0.25, 0.3) is 6.08 Å². The van der Waals surface area contributed by atoms with Crippen molar-refractivity contribution in [1.82, 2.24) is 4.57 Å². The second-order valence-electron chi connectivity index (χ2n) is 11.2. The Bertz CT molecular complexity index is 2190. The molecule has 0 unspecified atom stereocenters. The highest BCUT2D eigenvalue weighted by molar-refractivity contribution is 7.07. The molecule has 0 bridgehead atoms. The Morgan fingerprint density at radius 3 is 2.23 bits per heavy atom. The van der Waals surface area contributed by atoms with Crippen molar-refractivity contribution in [3.05, 3.63) is 118 Å². The number of ether oxygens (including phenoxy) is 6. The lowest BCUT2D eigenvalue weighted by atomic mass is 9.95. The lowest BCUT2D eigenvalue weighted by molar-refractivity contribution is -0.384. The number of fused-ring (bicyclic) bond motifs is 1. The molecule has 0 fully saturated rings. The van der Waals surface area contributed by atoms with Crippen LogP contribution in [-0.2, 0) is 25.7 Å². The van der Waals surface area contributed by atoms with Crippen LogP contribution in [0.2, 0.25) is 0 Å². The molecule has 1 aliphatic heterocycles. The number of rotatable bonds is 15. The van der Waals surface area contributed by atoms with Gasteiger partial charge in [-0.25, -0.2) is 14.6 Å². The zero-order valence-corrected chi connectivity index (χ0v) is 30.0. The minimum atomic E-state index is -0.916. The molecule has 272 valence electrons. The van der Waals surface area contributed by atoms with Crippen LogP contribution in [0.1, 0.15) is 50.4 Å². The summed E-state index contributed by atoms with van der Waals surface area (Å²) in [5.41, 5.74) is 2.12. The molecule has 0 N–H and O–H groups in total. The molecule has 14 nitrogen and oxygen atoms in total. The molecule has 0 radical (unpaired) electrons. The lowest BCUT2D eigenvalue weighted by Gasteiger charge is -2.25. The maximum Gasteiger partial charge on any atom is 0.343 e. The molecule has 2 heterocycles. The van der Waals surface area contributed by atoms with Crippen LogP contribution in [0.5, 0.6) is 23.0 Å². The first-order valence-corrected chi connectivity index (χ1v) is 17.2. The van der Waals surface area contributed by atoms with Gasteiger partial charge in [-0.1, -0.05) is 23.5 Å². The Morgan fingerprint density at radius 2 is 1.58 bits per heavy atom. The summed E-state index contributed by atoms with van der Waals surface area (Å²) in [7, 11) is 1.26. The molecule has 0 saturated heterocycles. The molecule has 4 aromatic rings. The fraction of sp³-hybridized carbons (Fsp3) is 0.297. The van der Waals surface area contributed by atoms with Gasteiger partial charge in [-0.15, -0.1) is 0 Å². The maximum atomic E-state index is 14.2. The Balaban J connectivity index is 1.54. The number of hydrogen-bond donors (Lipinski definition) is 0. The zero-order valence-electron chi connectivity index (χ0n) is 29.2. The van der Waals surface area contributed by atoms with Crippen molar-refractivity contribution in [2.45, 2.75) is 40.3 Å². The first-order valence-electron chi connectivity index (χ1n) is 16.4. The Morgan fingerprint density at radius 1 is 0.904 bits per heavy atom. The normalized spacial score (nSPS) is 13.9. The maximum absolute atomic E-state index is 14.2. The van der Waals surface area contributed by atoms with E-state index in [4.69, 9.17) is 23.7 Å². The molecule has 15 heteroatoms. The number of methoxy groups -OCH3 is 1. The number of hydrogen-bond acceptors (Lipinski definition) is 13. The summed E-state index contributed by atoms with van der Waals surface area (Å²) in [5, 5.41) is 11.0. The van der Waals surface area contributed by atoms with Crippen molar-refractivity contribution in [3.8, 4) is 23.0 Å². The van der Waals surface area contributed by atoms with Crippen molar-refractivity contribution in [2.24, 2.45) is 4.99 Å². The van der Waals surface area contributed by atoms with Crippen molar-refractivity contribution in [1.29, 1.82) is 0 Å². The first kappa shape index (κ1) is 37.3. The number of carbonyl (C=O) groups is 2. The van der Waals surface area contributed by atoms with Gasteiger partial charge in [0, 0.05) is 12.1 Å². The summed E-state index contributed by atoms with van der Waals surface area (Å²) in [5.74, 6) is 0.312. The molecule has 0 amide bonds. The minimum Gasteiger partial charge on any atom is -0.490 e. The fourth-order valence-corrected chi connectivity index (χ4v) is 6.46. The number of esters is 2. The lowest BCUT2D eigenvalue weighted by Crippen LogP contribution is -2.40. The number of non-ortho nitro benzene ring substituents is 1. The third kappa shape index (κ3) is 8.32. The van der Waals surface area contributed by atoms with Gasteiger partial charge in [0.2, 0.25) is 0 Å². The summed E-state index contributed by atoms with van der Waals surface area (Å²) >= 11 is 1.17. The number of allylic oxidation sites excluding steroid dienone is 1. The van der Waals surface area contributed by atoms with E-state index in [9.17, 15) is 24.5 Å². The molecule has 1 atom stereocenters. The van der Waals surface area contributed by atoms with Crippen LogP contribution in [-0.4, -0.2) is 55.0 Å². The number of nitro groups is 1. The number of benzene rings is 3. The van der Waals surface area contributed by atoms with Crippen molar-refractivity contribution in [3.63, 3.8) is 0 Å². The highest BCUT2D eigenvalue weighted by Crippen LogP contribution is 2.36. The number of nitrogens with zero attached hydrogens (tertiary/aromatic N) is 3. The van der Waals surface area contributed by atoms with E-state index < -0.39 is 22.9 Å². The van der Waals surface area contributed by atoms with E-state index in [0.29, 0.717) is 50.0 Å². The number of carbonyl (C=O) groups excluding carboxylic acids is 2. The van der Waals surface area contributed by atoms with E-state index in [-0.39, 0.29) is 49.0 Å². The van der Waals surface area contributed by atoms with E-state index in [2.05, 4.69) is 9.73 Å². The monoisotopic (exact) mass is 731 g/mol. The van der Waals surface area contributed by atoms with Crippen molar-refractivity contribution < 1.29 is 42.9 Å². The fourth-order valence-electron chi connectivity index (χ4n) is 5.41. The number of aromatic nitrogens is 1. The van der Waals surface area contributed by atoms with Crippen LogP contribution in [0.4, 0.5) is 5.69 Å². The average Bonchev–Trinajstić information content (AvgIpc) is 3.43. The second-order valence-corrected chi connectivity index (χ2v) is 12.2. The third-order valence-electron chi connectivity index (χ3n) is 7.78. The standard InChI is InChI=1S/C37H37N3O11S/c1-6-47-29-17-24(11-15-27(29)50-20-23-9-13-26(14-10-23)40(44)45)18-31-35(42)39-34(33(36(43)49-8-3)22(4)38-37(39)52-31)25-12-16-28(30(19-25)48-7-2)51-21-32(41)46-5/h9-19,34H,6-8,20-21H2,1-5H3/b31-18-/t34-/m1/s1. The van der Waals surface area contributed by atoms with Gasteiger partial charge < -0.3 is 28.4 Å². The number of nitro benzene ring substituents is 1. The highest BCUT2D eigenvalue weighted by atomic mass is 32.1. The van der Waals surface area contributed by atoms with Crippen LogP contribution in [0.15, 0.2) is 81.7 Å².